The number of benzene rings is 3. The highest BCUT2D eigenvalue weighted by atomic mass is 16.5. The first-order valence-electron chi connectivity index (χ1n) is 9.16. The Hall–Kier alpha value is -3.21. The Morgan fingerprint density at radius 3 is 2.14 bits per heavy atom. The normalized spacial score (nSPS) is 10.5. The van der Waals surface area contributed by atoms with Gasteiger partial charge in [-0.2, -0.15) is 0 Å². The Morgan fingerprint density at radius 2 is 1.43 bits per heavy atom. The maximum atomic E-state index is 12.4. The molecule has 0 atom stereocenters. The van der Waals surface area contributed by atoms with Crippen molar-refractivity contribution in [3.8, 4) is 17.2 Å². The van der Waals surface area contributed by atoms with Crippen molar-refractivity contribution in [3.63, 3.8) is 0 Å². The van der Waals surface area contributed by atoms with Crippen molar-refractivity contribution in [2.45, 2.75) is 13.0 Å². The molecular formula is C23H25NO4. The fraction of sp³-hybridized carbons (Fsp3) is 0.261. The van der Waals surface area contributed by atoms with E-state index in [1.165, 1.54) is 0 Å². The summed E-state index contributed by atoms with van der Waals surface area (Å²) < 4.78 is 16.0. The molecule has 0 aliphatic rings. The number of rotatable bonds is 8. The van der Waals surface area contributed by atoms with Crippen molar-refractivity contribution in [2.24, 2.45) is 0 Å². The zero-order valence-electron chi connectivity index (χ0n) is 16.5. The van der Waals surface area contributed by atoms with Gasteiger partial charge in [0.05, 0.1) is 27.2 Å². The summed E-state index contributed by atoms with van der Waals surface area (Å²) in [5.41, 5.74) is 1.09. The van der Waals surface area contributed by atoms with Gasteiger partial charge in [-0.15, -0.1) is 0 Å². The summed E-state index contributed by atoms with van der Waals surface area (Å²) >= 11 is 0. The van der Waals surface area contributed by atoms with Gasteiger partial charge in [-0.25, -0.2) is 0 Å². The smallest absolute Gasteiger partial charge is 0.226 e. The Bertz CT molecular complexity index is 937. The average Bonchev–Trinajstić information content (AvgIpc) is 2.73. The van der Waals surface area contributed by atoms with E-state index in [9.17, 15) is 4.79 Å². The van der Waals surface area contributed by atoms with Crippen molar-refractivity contribution < 1.29 is 19.0 Å². The zero-order valence-corrected chi connectivity index (χ0v) is 16.5. The molecule has 0 unspecified atom stereocenters. The number of amides is 1. The molecule has 0 aliphatic heterocycles. The third kappa shape index (κ3) is 4.94. The van der Waals surface area contributed by atoms with E-state index in [-0.39, 0.29) is 5.91 Å². The molecule has 5 heteroatoms. The minimum atomic E-state index is 0.0448. The summed E-state index contributed by atoms with van der Waals surface area (Å²) in [6.07, 6.45) is 0.327. The van der Waals surface area contributed by atoms with Crippen molar-refractivity contribution in [3.05, 3.63) is 66.2 Å². The van der Waals surface area contributed by atoms with Gasteiger partial charge >= 0.3 is 0 Å². The first-order chi connectivity index (χ1) is 13.6. The lowest BCUT2D eigenvalue weighted by atomic mass is 10.1. The lowest BCUT2D eigenvalue weighted by Gasteiger charge is -2.18. The maximum absolute atomic E-state index is 12.4. The second-order valence-corrected chi connectivity index (χ2v) is 6.57. The number of fused-ring (bicyclic) bond motifs is 1. The molecule has 0 radical (unpaired) electrons. The van der Waals surface area contributed by atoms with Crippen LogP contribution in [-0.2, 0) is 11.3 Å². The van der Waals surface area contributed by atoms with Gasteiger partial charge < -0.3 is 19.1 Å². The number of carbonyl (C=O) groups is 1. The number of ether oxygens (including phenoxy) is 3. The Balaban J connectivity index is 1.52. The molecule has 3 rings (SSSR count). The standard InChI is InChI=1S/C23H25NO4/c1-24(23(25)12-13-28-21-10-8-20(26-2)9-11-21)16-17-4-5-19-15-22(27-3)7-6-18(19)14-17/h4-11,14-15H,12-13,16H2,1-3H3. The van der Waals surface area contributed by atoms with Crippen LogP contribution in [0, 0.1) is 0 Å². The fourth-order valence-electron chi connectivity index (χ4n) is 2.98. The van der Waals surface area contributed by atoms with Crippen LogP contribution in [0.15, 0.2) is 60.7 Å². The SMILES string of the molecule is COc1ccc(OCCC(=O)N(C)Cc2ccc3cc(OC)ccc3c2)cc1. The summed E-state index contributed by atoms with van der Waals surface area (Å²) in [5.74, 6) is 2.38. The molecule has 1 amide bonds. The molecule has 3 aromatic carbocycles. The van der Waals surface area contributed by atoms with Crippen molar-refractivity contribution >= 4 is 16.7 Å². The van der Waals surface area contributed by atoms with E-state index < -0.39 is 0 Å². The first kappa shape index (κ1) is 19.5. The summed E-state index contributed by atoms with van der Waals surface area (Å²) in [5, 5.41) is 2.24. The monoisotopic (exact) mass is 379 g/mol. The first-order valence-corrected chi connectivity index (χ1v) is 9.16. The van der Waals surface area contributed by atoms with Crippen LogP contribution in [0.4, 0.5) is 0 Å². The zero-order chi connectivity index (χ0) is 19.9. The number of hydrogen-bond acceptors (Lipinski definition) is 4. The molecule has 0 heterocycles. The summed E-state index contributed by atoms with van der Waals surface area (Å²) in [7, 11) is 5.10. The lowest BCUT2D eigenvalue weighted by Crippen LogP contribution is -2.27. The molecule has 0 fully saturated rings. The van der Waals surface area contributed by atoms with Crippen LogP contribution in [0.25, 0.3) is 10.8 Å². The molecule has 0 spiro atoms. The topological polar surface area (TPSA) is 48.0 Å². The van der Waals surface area contributed by atoms with Crippen LogP contribution < -0.4 is 14.2 Å². The third-order valence-corrected chi connectivity index (χ3v) is 4.60. The minimum absolute atomic E-state index is 0.0448. The average molecular weight is 379 g/mol. The number of carbonyl (C=O) groups excluding carboxylic acids is 1. The molecule has 0 saturated carbocycles. The van der Waals surface area contributed by atoms with Gasteiger partial charge in [0.1, 0.15) is 17.2 Å². The molecule has 146 valence electrons. The Morgan fingerprint density at radius 1 is 0.821 bits per heavy atom. The van der Waals surface area contributed by atoms with Gasteiger partial charge in [0.2, 0.25) is 5.91 Å². The predicted molar refractivity (Wildman–Crippen MR) is 110 cm³/mol. The van der Waals surface area contributed by atoms with Crippen molar-refractivity contribution in [1.82, 2.24) is 4.90 Å². The molecule has 3 aromatic rings. The molecule has 0 bridgehead atoms. The highest BCUT2D eigenvalue weighted by Crippen LogP contribution is 2.22. The largest absolute Gasteiger partial charge is 0.497 e. The van der Waals surface area contributed by atoms with E-state index in [1.54, 1.807) is 19.1 Å². The molecule has 28 heavy (non-hydrogen) atoms. The molecular weight excluding hydrogens is 354 g/mol. The van der Waals surface area contributed by atoms with E-state index in [1.807, 2.05) is 55.6 Å². The maximum Gasteiger partial charge on any atom is 0.226 e. The van der Waals surface area contributed by atoms with Crippen LogP contribution in [0.5, 0.6) is 17.2 Å². The lowest BCUT2D eigenvalue weighted by molar-refractivity contribution is -0.130. The van der Waals surface area contributed by atoms with Crippen molar-refractivity contribution in [2.75, 3.05) is 27.9 Å². The van der Waals surface area contributed by atoms with E-state index in [0.717, 1.165) is 33.6 Å². The van der Waals surface area contributed by atoms with Gasteiger partial charge in [0.15, 0.2) is 0 Å². The van der Waals surface area contributed by atoms with Crippen LogP contribution in [0.1, 0.15) is 12.0 Å². The summed E-state index contributed by atoms with van der Waals surface area (Å²) in [4.78, 5) is 14.1. The fourth-order valence-corrected chi connectivity index (χ4v) is 2.98. The van der Waals surface area contributed by atoms with Crippen molar-refractivity contribution in [1.29, 1.82) is 0 Å². The Labute approximate surface area is 165 Å². The van der Waals surface area contributed by atoms with Crippen LogP contribution in [0.3, 0.4) is 0 Å². The van der Waals surface area contributed by atoms with E-state index in [0.29, 0.717) is 19.6 Å². The minimum Gasteiger partial charge on any atom is -0.497 e. The molecule has 0 saturated heterocycles. The quantitative estimate of drug-likeness (QED) is 0.586. The van der Waals surface area contributed by atoms with Gasteiger partial charge in [0, 0.05) is 13.6 Å². The van der Waals surface area contributed by atoms with E-state index >= 15 is 0 Å². The van der Waals surface area contributed by atoms with Gasteiger partial charge in [-0.3, -0.25) is 4.79 Å². The van der Waals surface area contributed by atoms with Gasteiger partial charge in [-0.1, -0.05) is 18.2 Å². The van der Waals surface area contributed by atoms with E-state index in [2.05, 4.69) is 12.1 Å². The molecule has 0 aliphatic carbocycles. The van der Waals surface area contributed by atoms with Crippen LogP contribution in [-0.4, -0.2) is 38.7 Å². The summed E-state index contributed by atoms with van der Waals surface area (Å²) in [6.45, 7) is 0.899. The molecule has 0 N–H and O–H groups in total. The number of hydrogen-bond donors (Lipinski definition) is 0. The summed E-state index contributed by atoms with van der Waals surface area (Å²) in [6, 6.07) is 19.5. The highest BCUT2D eigenvalue weighted by molar-refractivity contribution is 5.84. The third-order valence-electron chi connectivity index (χ3n) is 4.60. The van der Waals surface area contributed by atoms with Crippen LogP contribution >= 0.6 is 0 Å². The van der Waals surface area contributed by atoms with E-state index in [4.69, 9.17) is 14.2 Å². The predicted octanol–water partition coefficient (Wildman–Crippen LogP) is 4.28. The van der Waals surface area contributed by atoms with Crippen LogP contribution in [0.2, 0.25) is 0 Å². The second kappa shape index (κ2) is 9.13. The second-order valence-electron chi connectivity index (χ2n) is 6.57. The number of methoxy groups -OCH3 is 2. The van der Waals surface area contributed by atoms with Gasteiger partial charge in [-0.05, 0) is 58.8 Å². The highest BCUT2D eigenvalue weighted by Gasteiger charge is 2.10. The van der Waals surface area contributed by atoms with Gasteiger partial charge in [0.25, 0.3) is 0 Å². The Kier molecular flexibility index (Phi) is 6.37. The number of nitrogens with zero attached hydrogens (tertiary/aromatic N) is 1. The molecule has 0 aromatic heterocycles. The molecule has 5 nitrogen and oxygen atoms in total.